The molecular formula is C14H18ClNO2. The van der Waals surface area contributed by atoms with Gasteiger partial charge >= 0.3 is 5.97 Å². The fourth-order valence-corrected chi connectivity index (χ4v) is 2.60. The number of carboxylic acid groups (broad SMARTS) is 1. The smallest absolute Gasteiger partial charge is 0.337 e. The summed E-state index contributed by atoms with van der Waals surface area (Å²) >= 11 is 5.99. The van der Waals surface area contributed by atoms with E-state index in [1.165, 1.54) is 0 Å². The number of halogens is 1. The first kappa shape index (κ1) is 13.2. The number of rotatable bonds is 2. The minimum Gasteiger partial charge on any atom is -0.478 e. The zero-order valence-corrected chi connectivity index (χ0v) is 11.4. The van der Waals surface area contributed by atoms with Crippen LogP contribution in [0.3, 0.4) is 0 Å². The molecule has 2 atom stereocenters. The number of piperidine rings is 1. The Morgan fingerprint density at radius 2 is 2.11 bits per heavy atom. The monoisotopic (exact) mass is 267 g/mol. The lowest BCUT2D eigenvalue weighted by atomic mass is 9.88. The molecule has 0 aliphatic carbocycles. The van der Waals surface area contributed by atoms with Gasteiger partial charge in [-0.25, -0.2) is 4.79 Å². The molecule has 1 aliphatic heterocycles. The average Bonchev–Trinajstić information content (AvgIpc) is 2.32. The Hall–Kier alpha value is -1.22. The molecule has 98 valence electrons. The Kier molecular flexibility index (Phi) is 3.81. The number of benzene rings is 1. The van der Waals surface area contributed by atoms with Crippen molar-refractivity contribution in [3.8, 4) is 0 Å². The van der Waals surface area contributed by atoms with Crippen molar-refractivity contribution in [2.45, 2.75) is 20.3 Å². The van der Waals surface area contributed by atoms with Crippen molar-refractivity contribution in [2.75, 3.05) is 18.0 Å². The van der Waals surface area contributed by atoms with Crippen LogP contribution in [0.1, 0.15) is 30.6 Å². The molecule has 2 unspecified atom stereocenters. The molecule has 2 rings (SSSR count). The predicted octanol–water partition coefficient (Wildman–Crippen LogP) is 3.52. The van der Waals surface area contributed by atoms with E-state index in [1.807, 2.05) is 0 Å². The summed E-state index contributed by atoms with van der Waals surface area (Å²) in [4.78, 5) is 13.4. The largest absolute Gasteiger partial charge is 0.478 e. The highest BCUT2D eigenvalue weighted by molar-refractivity contribution is 6.31. The molecule has 0 spiro atoms. The van der Waals surface area contributed by atoms with Gasteiger partial charge in [-0.05, 0) is 36.5 Å². The minimum absolute atomic E-state index is 0.334. The lowest BCUT2D eigenvalue weighted by molar-refractivity contribution is 0.0697. The van der Waals surface area contributed by atoms with Crippen molar-refractivity contribution in [2.24, 2.45) is 11.8 Å². The van der Waals surface area contributed by atoms with E-state index in [2.05, 4.69) is 18.7 Å². The van der Waals surface area contributed by atoms with Gasteiger partial charge < -0.3 is 10.0 Å². The Morgan fingerprint density at radius 3 is 2.72 bits per heavy atom. The summed E-state index contributed by atoms with van der Waals surface area (Å²) in [6, 6.07) is 4.97. The maximum absolute atomic E-state index is 11.3. The molecular weight excluding hydrogens is 250 g/mol. The van der Waals surface area contributed by atoms with Crippen LogP contribution in [0.4, 0.5) is 5.69 Å². The molecule has 3 nitrogen and oxygen atoms in total. The van der Waals surface area contributed by atoms with Crippen molar-refractivity contribution >= 4 is 23.3 Å². The van der Waals surface area contributed by atoms with Crippen LogP contribution in [-0.2, 0) is 0 Å². The third-order valence-corrected chi connectivity index (χ3v) is 4.10. The summed E-state index contributed by atoms with van der Waals surface area (Å²) in [5.41, 5.74) is 1.08. The summed E-state index contributed by atoms with van der Waals surface area (Å²) in [5.74, 6) is 0.362. The molecule has 1 aromatic carbocycles. The maximum atomic E-state index is 11.3. The normalized spacial score (nSPS) is 24.1. The number of carboxylic acids is 1. The highest BCUT2D eigenvalue weighted by Gasteiger charge is 2.25. The van der Waals surface area contributed by atoms with Crippen LogP contribution in [0, 0.1) is 11.8 Å². The van der Waals surface area contributed by atoms with E-state index in [4.69, 9.17) is 11.6 Å². The second kappa shape index (κ2) is 5.19. The molecule has 1 aromatic rings. The van der Waals surface area contributed by atoms with Crippen LogP contribution in [0.2, 0.25) is 5.02 Å². The highest BCUT2D eigenvalue weighted by atomic mass is 35.5. The van der Waals surface area contributed by atoms with Crippen LogP contribution < -0.4 is 4.90 Å². The summed E-state index contributed by atoms with van der Waals surface area (Å²) < 4.78 is 0. The molecule has 1 heterocycles. The van der Waals surface area contributed by atoms with E-state index in [0.29, 0.717) is 22.4 Å². The van der Waals surface area contributed by atoms with Crippen LogP contribution in [0.15, 0.2) is 18.2 Å². The standard InChI is InChI=1S/C14H18ClNO2/c1-9-5-6-16(8-10(9)2)13-7-11(15)3-4-12(13)14(17)18/h3-4,7,9-10H,5-6,8H2,1-2H3,(H,17,18). The number of nitrogens with zero attached hydrogens (tertiary/aromatic N) is 1. The fraction of sp³-hybridized carbons (Fsp3) is 0.500. The van der Waals surface area contributed by atoms with Crippen molar-refractivity contribution in [3.05, 3.63) is 28.8 Å². The number of anilines is 1. The SMILES string of the molecule is CC1CCN(c2cc(Cl)ccc2C(=O)O)CC1C. The molecule has 18 heavy (non-hydrogen) atoms. The van der Waals surface area contributed by atoms with Crippen molar-refractivity contribution in [3.63, 3.8) is 0 Å². The Balaban J connectivity index is 2.32. The van der Waals surface area contributed by atoms with Crippen LogP contribution in [0.5, 0.6) is 0 Å². The Morgan fingerprint density at radius 1 is 1.39 bits per heavy atom. The molecule has 0 bridgehead atoms. The first-order valence-electron chi connectivity index (χ1n) is 6.27. The zero-order valence-electron chi connectivity index (χ0n) is 10.7. The number of hydrogen-bond acceptors (Lipinski definition) is 2. The van der Waals surface area contributed by atoms with Gasteiger partial charge in [-0.1, -0.05) is 25.4 Å². The first-order valence-corrected chi connectivity index (χ1v) is 6.64. The minimum atomic E-state index is -0.895. The van der Waals surface area contributed by atoms with Crippen LogP contribution >= 0.6 is 11.6 Å². The molecule has 1 N–H and O–H groups in total. The van der Waals surface area contributed by atoms with Crippen molar-refractivity contribution in [1.82, 2.24) is 0 Å². The predicted molar refractivity (Wildman–Crippen MR) is 73.6 cm³/mol. The molecule has 0 radical (unpaired) electrons. The average molecular weight is 268 g/mol. The van der Waals surface area contributed by atoms with Gasteiger partial charge in [0, 0.05) is 18.1 Å². The third kappa shape index (κ3) is 2.61. The van der Waals surface area contributed by atoms with Gasteiger partial charge in [-0.15, -0.1) is 0 Å². The van der Waals surface area contributed by atoms with E-state index in [-0.39, 0.29) is 0 Å². The number of aromatic carboxylic acids is 1. The van der Waals surface area contributed by atoms with Crippen LogP contribution in [0.25, 0.3) is 0 Å². The van der Waals surface area contributed by atoms with Gasteiger partial charge in [0.25, 0.3) is 0 Å². The Labute approximate surface area is 112 Å². The second-order valence-corrected chi connectivity index (χ2v) is 5.59. The Bertz CT molecular complexity index is 461. The van der Waals surface area contributed by atoms with Gasteiger partial charge in [0.2, 0.25) is 0 Å². The third-order valence-electron chi connectivity index (χ3n) is 3.87. The summed E-state index contributed by atoms with van der Waals surface area (Å²) in [6.45, 7) is 6.24. The van der Waals surface area contributed by atoms with E-state index in [9.17, 15) is 9.90 Å². The quantitative estimate of drug-likeness (QED) is 0.891. The molecule has 0 aromatic heterocycles. The van der Waals surface area contributed by atoms with E-state index in [1.54, 1.807) is 18.2 Å². The van der Waals surface area contributed by atoms with Gasteiger partial charge in [-0.2, -0.15) is 0 Å². The number of carbonyl (C=O) groups is 1. The van der Waals surface area contributed by atoms with Gasteiger partial charge in [0.15, 0.2) is 0 Å². The maximum Gasteiger partial charge on any atom is 0.337 e. The first-order chi connectivity index (χ1) is 8.49. The molecule has 0 amide bonds. The molecule has 0 saturated carbocycles. The molecule has 1 aliphatic rings. The lowest BCUT2D eigenvalue weighted by Gasteiger charge is -2.37. The molecule has 1 fully saturated rings. The van der Waals surface area contributed by atoms with Crippen molar-refractivity contribution in [1.29, 1.82) is 0 Å². The van der Waals surface area contributed by atoms with Gasteiger partial charge in [-0.3, -0.25) is 0 Å². The van der Waals surface area contributed by atoms with E-state index in [0.717, 1.165) is 25.2 Å². The summed E-state index contributed by atoms with van der Waals surface area (Å²) in [7, 11) is 0. The van der Waals surface area contributed by atoms with Gasteiger partial charge in [0.1, 0.15) is 0 Å². The zero-order chi connectivity index (χ0) is 13.3. The fourth-order valence-electron chi connectivity index (χ4n) is 2.43. The van der Waals surface area contributed by atoms with Gasteiger partial charge in [0.05, 0.1) is 11.3 Å². The van der Waals surface area contributed by atoms with Crippen LogP contribution in [-0.4, -0.2) is 24.2 Å². The number of hydrogen-bond donors (Lipinski definition) is 1. The summed E-state index contributed by atoms with van der Waals surface area (Å²) in [5, 5.41) is 9.82. The molecule has 1 saturated heterocycles. The van der Waals surface area contributed by atoms with E-state index >= 15 is 0 Å². The summed E-state index contributed by atoms with van der Waals surface area (Å²) in [6.07, 6.45) is 1.09. The highest BCUT2D eigenvalue weighted by Crippen LogP contribution is 2.31. The van der Waals surface area contributed by atoms with Crippen molar-refractivity contribution < 1.29 is 9.90 Å². The van der Waals surface area contributed by atoms with E-state index < -0.39 is 5.97 Å². The molecule has 4 heteroatoms. The lowest BCUT2D eigenvalue weighted by Crippen LogP contribution is -2.39. The topological polar surface area (TPSA) is 40.5 Å². The second-order valence-electron chi connectivity index (χ2n) is 5.16.